The monoisotopic (exact) mass is 235 g/mol. The van der Waals surface area contributed by atoms with Gasteiger partial charge in [-0.1, -0.05) is 23.2 Å². The van der Waals surface area contributed by atoms with Gasteiger partial charge >= 0.3 is 0 Å². The Hall–Kier alpha value is -0.480. The first-order valence-electron chi connectivity index (χ1n) is 4.09. The molecule has 0 radical (unpaired) electrons. The Morgan fingerprint density at radius 3 is 2.79 bits per heavy atom. The lowest BCUT2D eigenvalue weighted by Crippen LogP contribution is -2.26. The van der Waals surface area contributed by atoms with Gasteiger partial charge in [-0.15, -0.1) is 0 Å². The van der Waals surface area contributed by atoms with E-state index in [4.69, 9.17) is 38.8 Å². The van der Waals surface area contributed by atoms with Crippen LogP contribution in [0.5, 0.6) is 5.75 Å². The van der Waals surface area contributed by atoms with Gasteiger partial charge in [-0.25, -0.2) is 0 Å². The normalized spacial score (nSPS) is 12.6. The van der Waals surface area contributed by atoms with Crippen molar-refractivity contribution in [1.29, 1.82) is 0 Å². The van der Waals surface area contributed by atoms with Crippen molar-refractivity contribution in [3.05, 3.63) is 28.2 Å². The summed E-state index contributed by atoms with van der Waals surface area (Å²) in [7, 11) is 0. The zero-order chi connectivity index (χ0) is 10.6. The molecule has 0 aliphatic rings. The Labute approximate surface area is 92.4 Å². The van der Waals surface area contributed by atoms with Crippen LogP contribution in [-0.2, 0) is 0 Å². The lowest BCUT2D eigenvalue weighted by atomic mass is 10.3. The number of hydrogen-bond donors (Lipinski definition) is 2. The Kier molecular flexibility index (Phi) is 4.48. The van der Waals surface area contributed by atoms with Crippen LogP contribution >= 0.6 is 23.2 Å². The number of aliphatic hydroxyl groups is 1. The first-order valence-corrected chi connectivity index (χ1v) is 4.85. The van der Waals surface area contributed by atoms with Gasteiger partial charge in [0, 0.05) is 17.6 Å². The second-order valence-electron chi connectivity index (χ2n) is 2.78. The molecular weight excluding hydrogens is 225 g/mol. The molecule has 1 aromatic carbocycles. The predicted octanol–water partition coefficient (Wildman–Crippen LogP) is 1.69. The Morgan fingerprint density at radius 2 is 2.14 bits per heavy atom. The van der Waals surface area contributed by atoms with E-state index in [1.165, 1.54) is 0 Å². The molecule has 1 unspecified atom stereocenters. The van der Waals surface area contributed by atoms with Crippen molar-refractivity contribution in [2.24, 2.45) is 5.73 Å². The number of rotatable bonds is 4. The molecule has 1 rings (SSSR count). The molecule has 0 aromatic heterocycles. The van der Waals surface area contributed by atoms with Crippen LogP contribution in [0.25, 0.3) is 0 Å². The van der Waals surface area contributed by atoms with Gasteiger partial charge in [0.25, 0.3) is 0 Å². The molecule has 0 aliphatic carbocycles. The maximum absolute atomic E-state index is 9.15. The van der Waals surface area contributed by atoms with Gasteiger partial charge in [-0.3, -0.25) is 0 Å². The number of aliphatic hydroxyl groups excluding tert-OH is 1. The number of halogens is 2. The van der Waals surface area contributed by atoms with E-state index >= 15 is 0 Å². The highest BCUT2D eigenvalue weighted by molar-refractivity contribution is 6.34. The molecule has 0 saturated heterocycles. The summed E-state index contributed by atoms with van der Waals surface area (Å²) >= 11 is 11.6. The fourth-order valence-electron chi connectivity index (χ4n) is 0.842. The van der Waals surface area contributed by atoms with Gasteiger partial charge in [0.05, 0.1) is 5.02 Å². The van der Waals surface area contributed by atoms with Crippen LogP contribution in [0.4, 0.5) is 0 Å². The minimum Gasteiger partial charge on any atom is -0.489 e. The van der Waals surface area contributed by atoms with Gasteiger partial charge in [-0.05, 0) is 12.1 Å². The molecule has 5 heteroatoms. The van der Waals surface area contributed by atoms with E-state index in [-0.39, 0.29) is 13.2 Å². The minimum absolute atomic E-state index is 0.108. The summed E-state index contributed by atoms with van der Waals surface area (Å²) in [6.07, 6.45) is -0.690. The first kappa shape index (κ1) is 11.6. The van der Waals surface area contributed by atoms with Gasteiger partial charge in [0.15, 0.2) is 0 Å². The summed E-state index contributed by atoms with van der Waals surface area (Å²) in [6, 6.07) is 4.89. The number of nitrogens with two attached hydrogens (primary N) is 1. The zero-order valence-electron chi connectivity index (χ0n) is 7.41. The lowest BCUT2D eigenvalue weighted by Gasteiger charge is -2.11. The van der Waals surface area contributed by atoms with Crippen molar-refractivity contribution in [2.75, 3.05) is 13.2 Å². The maximum atomic E-state index is 9.15. The zero-order valence-corrected chi connectivity index (χ0v) is 8.92. The van der Waals surface area contributed by atoms with E-state index in [1.54, 1.807) is 18.2 Å². The molecule has 0 spiro atoms. The number of ether oxygens (including phenoxy) is 1. The Bertz CT molecular complexity index is 307. The second kappa shape index (κ2) is 5.41. The van der Waals surface area contributed by atoms with E-state index in [2.05, 4.69) is 0 Å². The summed E-state index contributed by atoms with van der Waals surface area (Å²) in [5.74, 6) is 0.451. The SMILES string of the molecule is NCC(O)COc1cc(Cl)ccc1Cl. The third-order valence-corrected chi connectivity index (χ3v) is 2.14. The quantitative estimate of drug-likeness (QED) is 0.836. The Morgan fingerprint density at radius 1 is 1.43 bits per heavy atom. The predicted molar refractivity (Wildman–Crippen MR) is 57.0 cm³/mol. The largest absolute Gasteiger partial charge is 0.489 e. The van der Waals surface area contributed by atoms with Crippen LogP contribution in [0.1, 0.15) is 0 Å². The fraction of sp³-hybridized carbons (Fsp3) is 0.333. The highest BCUT2D eigenvalue weighted by Crippen LogP contribution is 2.27. The van der Waals surface area contributed by atoms with Crippen LogP contribution in [0, 0.1) is 0 Å². The topological polar surface area (TPSA) is 55.5 Å². The van der Waals surface area contributed by atoms with E-state index in [1.807, 2.05) is 0 Å². The number of benzene rings is 1. The van der Waals surface area contributed by atoms with Crippen molar-refractivity contribution in [2.45, 2.75) is 6.10 Å². The molecule has 14 heavy (non-hydrogen) atoms. The van der Waals surface area contributed by atoms with Crippen LogP contribution in [0.15, 0.2) is 18.2 Å². The van der Waals surface area contributed by atoms with Gasteiger partial charge in [0.1, 0.15) is 18.5 Å². The van der Waals surface area contributed by atoms with Crippen LogP contribution in [0.3, 0.4) is 0 Å². The van der Waals surface area contributed by atoms with Crippen molar-refractivity contribution in [3.63, 3.8) is 0 Å². The summed E-state index contributed by atoms with van der Waals surface area (Å²) in [4.78, 5) is 0. The average molecular weight is 236 g/mol. The van der Waals surface area contributed by atoms with E-state index < -0.39 is 6.10 Å². The third kappa shape index (κ3) is 3.35. The molecule has 0 bridgehead atoms. The van der Waals surface area contributed by atoms with Gasteiger partial charge in [-0.2, -0.15) is 0 Å². The Balaban J connectivity index is 2.62. The van der Waals surface area contributed by atoms with Crippen LogP contribution < -0.4 is 10.5 Å². The molecule has 0 amide bonds. The van der Waals surface area contributed by atoms with Gasteiger partial charge < -0.3 is 15.6 Å². The summed E-state index contributed by atoms with van der Waals surface area (Å²) in [5, 5.41) is 10.1. The summed E-state index contributed by atoms with van der Waals surface area (Å²) in [6.45, 7) is 0.259. The maximum Gasteiger partial charge on any atom is 0.139 e. The molecular formula is C9H11Cl2NO2. The highest BCUT2D eigenvalue weighted by atomic mass is 35.5. The van der Waals surface area contributed by atoms with Crippen molar-refractivity contribution in [3.8, 4) is 5.75 Å². The molecule has 1 atom stereocenters. The summed E-state index contributed by atoms with van der Waals surface area (Å²) in [5.41, 5.74) is 5.22. The molecule has 0 aliphatic heterocycles. The summed E-state index contributed by atoms with van der Waals surface area (Å²) < 4.78 is 5.22. The molecule has 78 valence electrons. The van der Waals surface area contributed by atoms with Crippen molar-refractivity contribution < 1.29 is 9.84 Å². The van der Waals surface area contributed by atoms with E-state index in [0.29, 0.717) is 15.8 Å². The minimum atomic E-state index is -0.690. The van der Waals surface area contributed by atoms with Crippen LogP contribution in [-0.4, -0.2) is 24.4 Å². The lowest BCUT2D eigenvalue weighted by molar-refractivity contribution is 0.114. The molecule has 1 aromatic rings. The second-order valence-corrected chi connectivity index (χ2v) is 3.62. The molecule has 0 saturated carbocycles. The first-order chi connectivity index (χ1) is 6.63. The highest BCUT2D eigenvalue weighted by Gasteiger charge is 2.05. The molecule has 3 nitrogen and oxygen atoms in total. The molecule has 0 heterocycles. The van der Waals surface area contributed by atoms with Crippen molar-refractivity contribution in [1.82, 2.24) is 0 Å². The molecule has 3 N–H and O–H groups in total. The number of hydrogen-bond acceptors (Lipinski definition) is 3. The van der Waals surface area contributed by atoms with E-state index in [0.717, 1.165) is 0 Å². The van der Waals surface area contributed by atoms with Crippen molar-refractivity contribution >= 4 is 23.2 Å². The standard InChI is InChI=1S/C9H11Cl2NO2/c10-6-1-2-8(11)9(3-6)14-5-7(13)4-12/h1-3,7,13H,4-5,12H2. The van der Waals surface area contributed by atoms with E-state index in [9.17, 15) is 0 Å². The smallest absolute Gasteiger partial charge is 0.139 e. The average Bonchev–Trinajstić information content (AvgIpc) is 2.19. The fourth-order valence-corrected chi connectivity index (χ4v) is 1.18. The molecule has 0 fully saturated rings. The van der Waals surface area contributed by atoms with Crippen LogP contribution in [0.2, 0.25) is 10.0 Å². The third-order valence-electron chi connectivity index (χ3n) is 1.60. The van der Waals surface area contributed by atoms with Gasteiger partial charge in [0.2, 0.25) is 0 Å².